The number of nitrogens with one attached hydrogen (secondary N) is 2. The molecule has 0 amide bonds. The van der Waals surface area contributed by atoms with Crippen LogP contribution >= 0.6 is 0 Å². The number of rotatable bonds is 14. The standard InChI is InChI=1S/C37H65N3.C5H12.C3H6.4C2H6/c1-9-10-21-39-22-12-23-40-28(6)29(14-11-13-25(2)3)35-26(4)24-37(8)32-16-15-30-27(5)34(38)19-20-36(30,7)31(32)17-18-33(35)37;1-3-5-4-2;1-3-2;4*1-2/h13,26-27,30-34,39-40H,6,9-12,14-24,38H2,1-5,7-8H3;3-5H2,1-2H3;3H,1H2,2H3;4*1-2H3/b35-29+;;;;;;. The van der Waals surface area contributed by atoms with Gasteiger partial charge in [-0.25, -0.2) is 0 Å². The Bertz CT molecular complexity index is 1020. The molecule has 9 unspecified atom stereocenters. The number of allylic oxidation sites excluding steroid dienone is 5. The Morgan fingerprint density at radius 3 is 1.77 bits per heavy atom. The van der Waals surface area contributed by atoms with Gasteiger partial charge in [0.05, 0.1) is 0 Å². The molecule has 3 heteroatoms. The van der Waals surface area contributed by atoms with Gasteiger partial charge in [-0.3, -0.25) is 0 Å². The van der Waals surface area contributed by atoms with Crippen LogP contribution in [0.5, 0.6) is 0 Å². The molecule has 4 aliphatic rings. The van der Waals surface area contributed by atoms with Gasteiger partial charge in [0.25, 0.3) is 0 Å². The molecule has 0 aromatic carbocycles. The van der Waals surface area contributed by atoms with E-state index in [2.05, 4.69) is 92.2 Å². The molecule has 0 spiro atoms. The highest BCUT2D eigenvalue weighted by molar-refractivity contribution is 5.39. The third-order valence-corrected chi connectivity index (χ3v) is 13.3. The highest BCUT2D eigenvalue weighted by Gasteiger charge is 2.62. The minimum absolute atomic E-state index is 0.414. The van der Waals surface area contributed by atoms with Crippen LogP contribution in [0.3, 0.4) is 0 Å². The first-order valence-electron chi connectivity index (χ1n) is 24.7. The molecule has 0 saturated heterocycles. The summed E-state index contributed by atoms with van der Waals surface area (Å²) in [5, 5.41) is 7.40. The van der Waals surface area contributed by atoms with E-state index in [9.17, 15) is 0 Å². The second-order valence-electron chi connectivity index (χ2n) is 17.1. The second-order valence-corrected chi connectivity index (χ2v) is 17.1. The monoisotopic (exact) mass is 786 g/mol. The minimum Gasteiger partial charge on any atom is -0.385 e. The summed E-state index contributed by atoms with van der Waals surface area (Å²) in [6.07, 6.45) is 23.8. The molecule has 56 heavy (non-hydrogen) atoms. The molecule has 4 fully saturated rings. The number of hydrogen-bond donors (Lipinski definition) is 3. The van der Waals surface area contributed by atoms with Crippen LogP contribution in [0.15, 0.2) is 47.7 Å². The molecule has 334 valence electrons. The van der Waals surface area contributed by atoms with Gasteiger partial charge in [-0.05, 0) is 156 Å². The van der Waals surface area contributed by atoms with E-state index < -0.39 is 0 Å². The van der Waals surface area contributed by atoms with E-state index >= 15 is 0 Å². The first-order valence-corrected chi connectivity index (χ1v) is 24.7. The van der Waals surface area contributed by atoms with Crippen molar-refractivity contribution < 1.29 is 0 Å². The third kappa shape index (κ3) is 17.9. The van der Waals surface area contributed by atoms with Crippen molar-refractivity contribution in [2.45, 2.75) is 227 Å². The molecular formula is C53H107N3. The van der Waals surface area contributed by atoms with Crippen LogP contribution in [0.2, 0.25) is 0 Å². The van der Waals surface area contributed by atoms with Gasteiger partial charge in [-0.2, -0.15) is 0 Å². The van der Waals surface area contributed by atoms with E-state index in [1.54, 1.807) is 17.2 Å². The normalized spacial score (nSPS) is 30.0. The highest BCUT2D eigenvalue weighted by Crippen LogP contribution is 2.70. The van der Waals surface area contributed by atoms with Crippen molar-refractivity contribution in [1.29, 1.82) is 0 Å². The van der Waals surface area contributed by atoms with Crippen molar-refractivity contribution in [3.8, 4) is 0 Å². The van der Waals surface area contributed by atoms with E-state index in [0.717, 1.165) is 62.6 Å². The summed E-state index contributed by atoms with van der Waals surface area (Å²) >= 11 is 0. The first-order chi connectivity index (χ1) is 26.9. The molecule has 9 atom stereocenters. The molecule has 4 aliphatic carbocycles. The van der Waals surface area contributed by atoms with Gasteiger partial charge in [0.2, 0.25) is 0 Å². The molecule has 0 radical (unpaired) electrons. The number of fused-ring (bicyclic) bond motifs is 5. The highest BCUT2D eigenvalue weighted by atomic mass is 14.9. The zero-order valence-electron chi connectivity index (χ0n) is 41.9. The van der Waals surface area contributed by atoms with E-state index in [1.165, 1.54) is 88.3 Å². The number of unbranched alkanes of at least 4 members (excludes halogenated alkanes) is 3. The van der Waals surface area contributed by atoms with E-state index in [1.807, 2.05) is 62.3 Å². The zero-order chi connectivity index (χ0) is 43.9. The zero-order valence-corrected chi connectivity index (χ0v) is 41.9. The largest absolute Gasteiger partial charge is 0.385 e. The summed E-state index contributed by atoms with van der Waals surface area (Å²) in [5.74, 6) is 4.64. The van der Waals surface area contributed by atoms with Crippen molar-refractivity contribution in [1.82, 2.24) is 10.6 Å². The molecule has 0 aromatic heterocycles. The summed E-state index contributed by atoms with van der Waals surface area (Å²) < 4.78 is 0. The van der Waals surface area contributed by atoms with Crippen LogP contribution in [0.4, 0.5) is 0 Å². The predicted octanol–water partition coefficient (Wildman–Crippen LogP) is 16.3. The van der Waals surface area contributed by atoms with Gasteiger partial charge in [0, 0.05) is 18.3 Å². The summed E-state index contributed by atoms with van der Waals surface area (Å²) in [7, 11) is 0. The maximum absolute atomic E-state index is 6.62. The fourth-order valence-corrected chi connectivity index (χ4v) is 10.9. The van der Waals surface area contributed by atoms with Crippen molar-refractivity contribution in [2.24, 2.45) is 52.1 Å². The molecule has 4 rings (SSSR count). The van der Waals surface area contributed by atoms with Crippen LogP contribution < -0.4 is 16.4 Å². The Labute approximate surface area is 355 Å². The Balaban J connectivity index is -0.00000153. The van der Waals surface area contributed by atoms with Gasteiger partial charge in [0.1, 0.15) is 0 Å². The van der Waals surface area contributed by atoms with Crippen molar-refractivity contribution in [3.05, 3.63) is 47.7 Å². The topological polar surface area (TPSA) is 50.1 Å². The third-order valence-electron chi connectivity index (χ3n) is 13.3. The SMILES string of the molecule is C=C(NCCCNCCCC)/C(CCC=C(C)C)=C1\C(C)CC2(C)C1CCC1C2CCC2C(C)C(N)CCC21C.C=CC.CC.CC.CC.CC.CCCCC. The summed E-state index contributed by atoms with van der Waals surface area (Å²) in [6.45, 7) is 50.7. The fraction of sp³-hybridized carbons (Fsp3) is 0.849. The van der Waals surface area contributed by atoms with Gasteiger partial charge < -0.3 is 16.4 Å². The molecule has 3 nitrogen and oxygen atoms in total. The smallest absolute Gasteiger partial charge is 0.0299 e. The van der Waals surface area contributed by atoms with Crippen LogP contribution in [-0.2, 0) is 0 Å². The average Bonchev–Trinajstić information content (AvgIpc) is 3.47. The van der Waals surface area contributed by atoms with Gasteiger partial charge >= 0.3 is 0 Å². The molecule has 4 N–H and O–H groups in total. The van der Waals surface area contributed by atoms with E-state index in [4.69, 9.17) is 5.73 Å². The fourth-order valence-electron chi connectivity index (χ4n) is 10.9. The Morgan fingerprint density at radius 2 is 1.25 bits per heavy atom. The number of hydrogen-bond acceptors (Lipinski definition) is 3. The number of nitrogens with two attached hydrogens (primary N) is 1. The van der Waals surface area contributed by atoms with Crippen molar-refractivity contribution >= 4 is 0 Å². The van der Waals surface area contributed by atoms with Crippen molar-refractivity contribution in [2.75, 3.05) is 19.6 Å². The second kappa shape index (κ2) is 34.5. The average molecular weight is 786 g/mol. The maximum Gasteiger partial charge on any atom is 0.0299 e. The molecule has 0 aliphatic heterocycles. The van der Waals surface area contributed by atoms with Gasteiger partial charge in [-0.1, -0.05) is 159 Å². The molecule has 4 saturated carbocycles. The Hall–Kier alpha value is -1.32. The summed E-state index contributed by atoms with van der Waals surface area (Å²) in [4.78, 5) is 0. The molecule has 0 aromatic rings. The lowest BCUT2D eigenvalue weighted by Gasteiger charge is -2.63. The minimum atomic E-state index is 0.414. The predicted molar refractivity (Wildman–Crippen MR) is 260 cm³/mol. The van der Waals surface area contributed by atoms with E-state index in [-0.39, 0.29) is 0 Å². The maximum atomic E-state index is 6.62. The lowest BCUT2D eigenvalue weighted by molar-refractivity contribution is -0.131. The van der Waals surface area contributed by atoms with Crippen molar-refractivity contribution in [3.63, 3.8) is 0 Å². The van der Waals surface area contributed by atoms with Crippen LogP contribution in [0, 0.1) is 46.3 Å². The molecule has 0 heterocycles. The van der Waals surface area contributed by atoms with Crippen LogP contribution in [-0.4, -0.2) is 25.7 Å². The van der Waals surface area contributed by atoms with Gasteiger partial charge in [-0.15, -0.1) is 6.58 Å². The van der Waals surface area contributed by atoms with E-state index in [0.29, 0.717) is 28.7 Å². The Kier molecular flexibility index (Phi) is 36.4. The Morgan fingerprint density at radius 1 is 0.750 bits per heavy atom. The van der Waals surface area contributed by atoms with Gasteiger partial charge in [0.15, 0.2) is 0 Å². The lowest BCUT2D eigenvalue weighted by atomic mass is 9.42. The quantitative estimate of drug-likeness (QED) is 0.121. The first kappa shape index (κ1) is 59.0. The molecular weight excluding hydrogens is 679 g/mol. The van der Waals surface area contributed by atoms with Crippen LogP contribution in [0.25, 0.3) is 0 Å². The summed E-state index contributed by atoms with van der Waals surface area (Å²) in [6, 6.07) is 0.414. The molecule has 0 bridgehead atoms. The lowest BCUT2D eigenvalue weighted by Crippen LogP contribution is -2.57. The van der Waals surface area contributed by atoms with Crippen LogP contribution in [0.1, 0.15) is 221 Å². The summed E-state index contributed by atoms with van der Waals surface area (Å²) in [5.41, 5.74) is 13.6.